The van der Waals surface area contributed by atoms with Gasteiger partial charge >= 0.3 is 0 Å². The van der Waals surface area contributed by atoms with Crippen molar-refractivity contribution in [3.63, 3.8) is 0 Å². The lowest BCUT2D eigenvalue weighted by atomic mass is 10.0. The van der Waals surface area contributed by atoms with Crippen LogP contribution in [0.3, 0.4) is 0 Å². The SMILES string of the molecule is CC(F)(F)C1COCCN(I)C1. The van der Waals surface area contributed by atoms with E-state index in [1.54, 1.807) is 0 Å². The van der Waals surface area contributed by atoms with Crippen LogP contribution in [0.4, 0.5) is 8.78 Å². The highest BCUT2D eigenvalue weighted by Gasteiger charge is 2.36. The molecule has 0 amide bonds. The summed E-state index contributed by atoms with van der Waals surface area (Å²) in [6.07, 6.45) is 0. The molecule has 1 aliphatic rings. The van der Waals surface area contributed by atoms with Gasteiger partial charge in [0.1, 0.15) is 0 Å². The standard InChI is InChI=1S/C7H12F2INO/c1-7(8,9)6-4-11(10)2-3-12-5-6/h6H,2-5H2,1H3. The zero-order valence-electron chi connectivity index (χ0n) is 6.90. The van der Waals surface area contributed by atoms with Crippen molar-refractivity contribution in [2.24, 2.45) is 5.92 Å². The highest BCUT2D eigenvalue weighted by atomic mass is 127. The maximum atomic E-state index is 12.9. The van der Waals surface area contributed by atoms with Crippen molar-refractivity contribution in [3.05, 3.63) is 0 Å². The Labute approximate surface area is 84.7 Å². The van der Waals surface area contributed by atoms with Crippen LogP contribution in [0.5, 0.6) is 0 Å². The number of alkyl halides is 2. The molecule has 0 aromatic heterocycles. The van der Waals surface area contributed by atoms with Gasteiger partial charge in [0.2, 0.25) is 0 Å². The molecule has 0 aromatic carbocycles. The first-order valence-corrected chi connectivity index (χ1v) is 4.83. The molecule has 2 nitrogen and oxygen atoms in total. The Hall–Kier alpha value is 0.510. The largest absolute Gasteiger partial charge is 0.380 e. The van der Waals surface area contributed by atoms with E-state index in [4.69, 9.17) is 4.74 Å². The van der Waals surface area contributed by atoms with E-state index in [1.165, 1.54) is 0 Å². The topological polar surface area (TPSA) is 12.5 Å². The van der Waals surface area contributed by atoms with Gasteiger partial charge in [-0.25, -0.2) is 11.9 Å². The molecule has 5 heteroatoms. The summed E-state index contributed by atoms with van der Waals surface area (Å²) in [6.45, 7) is 2.81. The second-order valence-electron chi connectivity index (χ2n) is 3.10. The molecule has 72 valence electrons. The molecule has 1 atom stereocenters. The van der Waals surface area contributed by atoms with E-state index in [9.17, 15) is 8.78 Å². The molecular weight excluding hydrogens is 279 g/mol. The summed E-state index contributed by atoms with van der Waals surface area (Å²) in [4.78, 5) is 0. The maximum Gasteiger partial charge on any atom is 0.251 e. The van der Waals surface area contributed by atoms with Crippen LogP contribution in [0.25, 0.3) is 0 Å². The molecule has 0 radical (unpaired) electrons. The molecule has 0 saturated carbocycles. The molecule has 0 aliphatic carbocycles. The van der Waals surface area contributed by atoms with Gasteiger partial charge in [-0.15, -0.1) is 0 Å². The highest BCUT2D eigenvalue weighted by molar-refractivity contribution is 14.1. The normalized spacial score (nSPS) is 28.5. The molecule has 12 heavy (non-hydrogen) atoms. The van der Waals surface area contributed by atoms with E-state index in [0.29, 0.717) is 13.2 Å². The molecule has 1 unspecified atom stereocenters. The third-order valence-electron chi connectivity index (χ3n) is 1.93. The van der Waals surface area contributed by atoms with E-state index in [-0.39, 0.29) is 6.61 Å². The van der Waals surface area contributed by atoms with Crippen LogP contribution in [0.15, 0.2) is 0 Å². The van der Waals surface area contributed by atoms with Crippen LogP contribution in [0.2, 0.25) is 0 Å². The average molecular weight is 291 g/mol. The van der Waals surface area contributed by atoms with Crippen molar-refractivity contribution in [2.75, 3.05) is 26.3 Å². The van der Waals surface area contributed by atoms with E-state index in [2.05, 4.69) is 22.9 Å². The minimum atomic E-state index is -2.63. The zero-order chi connectivity index (χ0) is 9.19. The minimum absolute atomic E-state index is 0.170. The Morgan fingerprint density at radius 3 is 2.83 bits per heavy atom. The fourth-order valence-electron chi connectivity index (χ4n) is 1.08. The Kier molecular flexibility index (Phi) is 3.66. The first-order chi connectivity index (χ1) is 5.50. The summed E-state index contributed by atoms with van der Waals surface area (Å²) in [6, 6.07) is 0. The van der Waals surface area contributed by atoms with E-state index < -0.39 is 11.8 Å². The summed E-state index contributed by atoms with van der Waals surface area (Å²) in [5, 5.41) is 0. The van der Waals surface area contributed by atoms with Gasteiger partial charge in [-0.1, -0.05) is 0 Å². The summed E-state index contributed by atoms with van der Waals surface area (Å²) in [7, 11) is 0. The van der Waals surface area contributed by atoms with Gasteiger partial charge in [0.05, 0.1) is 19.1 Å². The molecule has 1 fully saturated rings. The van der Waals surface area contributed by atoms with Crippen LogP contribution < -0.4 is 0 Å². The van der Waals surface area contributed by atoms with Crippen molar-refractivity contribution in [1.82, 2.24) is 3.11 Å². The fraction of sp³-hybridized carbons (Fsp3) is 1.00. The van der Waals surface area contributed by atoms with Gasteiger partial charge in [0.15, 0.2) is 0 Å². The molecule has 1 heterocycles. The summed E-state index contributed by atoms with van der Waals surface area (Å²) in [5.41, 5.74) is 0. The van der Waals surface area contributed by atoms with Crippen molar-refractivity contribution in [1.29, 1.82) is 0 Å². The molecule has 0 spiro atoms. The molecule has 0 bridgehead atoms. The van der Waals surface area contributed by atoms with Crippen LogP contribution in [-0.2, 0) is 4.74 Å². The number of rotatable bonds is 1. The summed E-state index contributed by atoms with van der Waals surface area (Å²) < 4.78 is 32.6. The van der Waals surface area contributed by atoms with E-state index in [1.807, 2.05) is 3.11 Å². The first-order valence-electron chi connectivity index (χ1n) is 3.86. The van der Waals surface area contributed by atoms with Crippen molar-refractivity contribution in [3.8, 4) is 0 Å². The lowest BCUT2D eigenvalue weighted by molar-refractivity contribution is -0.0646. The Morgan fingerprint density at radius 2 is 2.25 bits per heavy atom. The minimum Gasteiger partial charge on any atom is -0.380 e. The summed E-state index contributed by atoms with van der Waals surface area (Å²) in [5.74, 6) is -3.30. The van der Waals surface area contributed by atoms with Crippen LogP contribution in [0, 0.1) is 5.92 Å². The van der Waals surface area contributed by atoms with Gasteiger partial charge in [-0.3, -0.25) is 0 Å². The lowest BCUT2D eigenvalue weighted by Gasteiger charge is -2.23. The van der Waals surface area contributed by atoms with Crippen molar-refractivity contribution in [2.45, 2.75) is 12.8 Å². The maximum absolute atomic E-state index is 12.9. The van der Waals surface area contributed by atoms with Crippen molar-refractivity contribution < 1.29 is 13.5 Å². The van der Waals surface area contributed by atoms with Crippen molar-refractivity contribution >= 4 is 22.9 Å². The number of nitrogens with zero attached hydrogens (tertiary/aromatic N) is 1. The monoisotopic (exact) mass is 291 g/mol. The van der Waals surface area contributed by atoms with Gasteiger partial charge in [-0.2, -0.15) is 0 Å². The van der Waals surface area contributed by atoms with Gasteiger partial charge in [0.25, 0.3) is 5.92 Å². The third-order valence-corrected chi connectivity index (χ3v) is 2.81. The molecule has 0 N–H and O–H groups in total. The van der Waals surface area contributed by atoms with E-state index >= 15 is 0 Å². The number of hydrogen-bond acceptors (Lipinski definition) is 2. The quantitative estimate of drug-likeness (QED) is 0.541. The Morgan fingerprint density at radius 1 is 1.58 bits per heavy atom. The molecule has 1 saturated heterocycles. The molecule has 0 aromatic rings. The van der Waals surface area contributed by atoms with Gasteiger partial charge in [-0.05, 0) is 6.92 Å². The number of ether oxygens (including phenoxy) is 1. The second-order valence-corrected chi connectivity index (χ2v) is 4.46. The second kappa shape index (κ2) is 4.15. The molecule has 1 rings (SSSR count). The lowest BCUT2D eigenvalue weighted by Crippen LogP contribution is -2.34. The smallest absolute Gasteiger partial charge is 0.251 e. The highest BCUT2D eigenvalue weighted by Crippen LogP contribution is 2.27. The predicted molar refractivity (Wildman–Crippen MR) is 50.5 cm³/mol. The Balaban J connectivity index is 2.52. The first kappa shape index (κ1) is 10.6. The average Bonchev–Trinajstić information content (AvgIpc) is 2.11. The third kappa shape index (κ3) is 3.10. The van der Waals surface area contributed by atoms with Crippen LogP contribution in [0.1, 0.15) is 6.92 Å². The predicted octanol–water partition coefficient (Wildman–Crippen LogP) is 1.94. The molecule has 1 aliphatic heterocycles. The van der Waals surface area contributed by atoms with E-state index in [0.717, 1.165) is 13.5 Å². The van der Waals surface area contributed by atoms with Gasteiger partial charge < -0.3 is 4.74 Å². The van der Waals surface area contributed by atoms with Crippen LogP contribution in [-0.4, -0.2) is 35.3 Å². The zero-order valence-corrected chi connectivity index (χ0v) is 9.05. The van der Waals surface area contributed by atoms with Crippen LogP contribution >= 0.6 is 22.9 Å². The van der Waals surface area contributed by atoms with Gasteiger partial charge in [0, 0.05) is 36.0 Å². The Bertz CT molecular complexity index is 151. The number of hydrogen-bond donors (Lipinski definition) is 0. The molecular formula is C7H12F2INO. The fourth-order valence-corrected chi connectivity index (χ4v) is 1.75. The number of halogens is 3. The summed E-state index contributed by atoms with van der Waals surface area (Å²) >= 11 is 2.06.